The van der Waals surface area contributed by atoms with Gasteiger partial charge in [0, 0.05) is 23.1 Å². The highest BCUT2D eigenvalue weighted by Crippen LogP contribution is 2.29. The van der Waals surface area contributed by atoms with Gasteiger partial charge >= 0.3 is 5.97 Å². The molecule has 2 aromatic carbocycles. The second kappa shape index (κ2) is 9.88. The number of esters is 1. The Labute approximate surface area is 186 Å². The van der Waals surface area contributed by atoms with Gasteiger partial charge in [0.25, 0.3) is 11.6 Å². The summed E-state index contributed by atoms with van der Waals surface area (Å²) in [5, 5.41) is 15.6. The fourth-order valence-corrected chi connectivity index (χ4v) is 3.45. The Bertz CT molecular complexity index is 1140. The normalized spacial score (nSPS) is 11.3. The van der Waals surface area contributed by atoms with Gasteiger partial charge in [-0.15, -0.1) is 11.3 Å². The summed E-state index contributed by atoms with van der Waals surface area (Å²) in [6, 6.07) is 11.0. The van der Waals surface area contributed by atoms with E-state index in [2.05, 4.69) is 10.3 Å². The predicted molar refractivity (Wildman–Crippen MR) is 117 cm³/mol. The van der Waals surface area contributed by atoms with Crippen molar-refractivity contribution in [3.8, 4) is 22.1 Å². The number of nitro benzene ring substituents is 1. The fourth-order valence-electron chi connectivity index (χ4n) is 2.65. The number of nitro groups is 1. The average Bonchev–Trinajstić information content (AvgIpc) is 3.29. The molecule has 0 spiro atoms. The summed E-state index contributed by atoms with van der Waals surface area (Å²) in [6.07, 6.45) is -1.18. The lowest BCUT2D eigenvalue weighted by Gasteiger charge is -2.14. The third-order valence-corrected chi connectivity index (χ3v) is 5.25. The molecule has 1 aromatic heterocycles. The van der Waals surface area contributed by atoms with E-state index in [4.69, 9.17) is 14.2 Å². The molecule has 3 rings (SSSR count). The van der Waals surface area contributed by atoms with Crippen LogP contribution in [0.15, 0.2) is 47.8 Å². The standard InChI is InChI=1S/C21H19N3O7S/c1-12(19(25)22-16-10-14(24(27)28)6-9-18(16)30-3)31-21(26)17-11-32-20(23-17)13-4-7-15(29-2)8-5-13/h4-12H,1-3H3,(H,22,25). The predicted octanol–water partition coefficient (Wildman–Crippen LogP) is 3.92. The molecule has 32 heavy (non-hydrogen) atoms. The Morgan fingerprint density at radius 1 is 1.12 bits per heavy atom. The van der Waals surface area contributed by atoms with Crippen LogP contribution in [0, 0.1) is 10.1 Å². The minimum atomic E-state index is -1.18. The van der Waals surface area contributed by atoms with Gasteiger partial charge in [-0.3, -0.25) is 14.9 Å². The molecule has 1 atom stereocenters. The Hall–Kier alpha value is -3.99. The number of thiazole rings is 1. The molecule has 0 saturated heterocycles. The third kappa shape index (κ3) is 5.19. The van der Waals surface area contributed by atoms with Gasteiger partial charge < -0.3 is 19.5 Å². The first kappa shape index (κ1) is 22.7. The molecule has 0 radical (unpaired) electrons. The van der Waals surface area contributed by atoms with E-state index < -0.39 is 22.9 Å². The van der Waals surface area contributed by atoms with Crippen molar-refractivity contribution < 1.29 is 28.7 Å². The molecule has 0 aliphatic heterocycles. The van der Waals surface area contributed by atoms with Crippen molar-refractivity contribution in [3.63, 3.8) is 0 Å². The van der Waals surface area contributed by atoms with Gasteiger partial charge in [0.2, 0.25) is 0 Å². The largest absolute Gasteiger partial charge is 0.497 e. The van der Waals surface area contributed by atoms with Crippen LogP contribution >= 0.6 is 11.3 Å². The van der Waals surface area contributed by atoms with Gasteiger partial charge in [-0.1, -0.05) is 0 Å². The van der Waals surface area contributed by atoms with Crippen LogP contribution < -0.4 is 14.8 Å². The first-order valence-electron chi connectivity index (χ1n) is 9.26. The fraction of sp³-hybridized carbons (Fsp3) is 0.190. The molecule has 0 fully saturated rings. The van der Waals surface area contributed by atoms with Crippen LogP contribution in [0.3, 0.4) is 0 Å². The van der Waals surface area contributed by atoms with E-state index in [1.807, 2.05) is 12.1 Å². The van der Waals surface area contributed by atoms with Crippen molar-refractivity contribution in [3.05, 3.63) is 63.7 Å². The molecular weight excluding hydrogens is 438 g/mol. The number of rotatable bonds is 8. The zero-order valence-electron chi connectivity index (χ0n) is 17.4. The number of aromatic nitrogens is 1. The number of hydrogen-bond acceptors (Lipinski definition) is 9. The summed E-state index contributed by atoms with van der Waals surface area (Å²) < 4.78 is 15.4. The van der Waals surface area contributed by atoms with Crippen molar-refractivity contribution in [1.82, 2.24) is 4.98 Å². The maximum atomic E-state index is 12.5. The summed E-state index contributed by atoms with van der Waals surface area (Å²) in [5.41, 5.74) is 0.733. The molecule has 1 heterocycles. The molecule has 3 aromatic rings. The molecule has 11 heteroatoms. The molecule has 166 valence electrons. The number of nitrogens with one attached hydrogen (secondary N) is 1. The van der Waals surface area contributed by atoms with E-state index in [1.54, 1.807) is 19.2 Å². The van der Waals surface area contributed by atoms with Crippen LogP contribution in [0.4, 0.5) is 11.4 Å². The molecule has 0 saturated carbocycles. The van der Waals surface area contributed by atoms with Crippen molar-refractivity contribution in [2.45, 2.75) is 13.0 Å². The number of carbonyl (C=O) groups is 2. The third-order valence-electron chi connectivity index (χ3n) is 4.36. The summed E-state index contributed by atoms with van der Waals surface area (Å²) in [7, 11) is 2.93. The molecular formula is C21H19N3O7S. The summed E-state index contributed by atoms with van der Waals surface area (Å²) in [6.45, 7) is 1.38. The van der Waals surface area contributed by atoms with Crippen molar-refractivity contribution in [1.29, 1.82) is 0 Å². The molecule has 0 bridgehead atoms. The quantitative estimate of drug-likeness (QED) is 0.306. The molecule has 1 N–H and O–H groups in total. The smallest absolute Gasteiger partial charge is 0.358 e. The van der Waals surface area contributed by atoms with Gasteiger partial charge in [0.05, 0.1) is 24.8 Å². The van der Waals surface area contributed by atoms with Crippen molar-refractivity contribution in [2.24, 2.45) is 0 Å². The monoisotopic (exact) mass is 457 g/mol. The Morgan fingerprint density at radius 3 is 2.47 bits per heavy atom. The van der Waals surface area contributed by atoms with Gasteiger partial charge in [0.1, 0.15) is 16.5 Å². The molecule has 10 nitrogen and oxygen atoms in total. The second-order valence-electron chi connectivity index (χ2n) is 6.44. The number of amides is 1. The van der Waals surface area contributed by atoms with E-state index >= 15 is 0 Å². The zero-order chi connectivity index (χ0) is 23.3. The van der Waals surface area contributed by atoms with E-state index in [1.165, 1.54) is 42.9 Å². The average molecular weight is 457 g/mol. The van der Waals surface area contributed by atoms with Crippen LogP contribution in [0.5, 0.6) is 11.5 Å². The van der Waals surface area contributed by atoms with Crippen LogP contribution in [-0.4, -0.2) is 42.1 Å². The summed E-state index contributed by atoms with van der Waals surface area (Å²) in [5.74, 6) is -0.520. The molecule has 1 amide bonds. The maximum Gasteiger partial charge on any atom is 0.358 e. The summed E-state index contributed by atoms with van der Waals surface area (Å²) >= 11 is 1.26. The Balaban J connectivity index is 1.67. The number of hydrogen-bond donors (Lipinski definition) is 1. The number of methoxy groups -OCH3 is 2. The number of non-ortho nitro benzene ring substituents is 1. The lowest BCUT2D eigenvalue weighted by molar-refractivity contribution is -0.384. The minimum Gasteiger partial charge on any atom is -0.497 e. The van der Waals surface area contributed by atoms with E-state index in [0.29, 0.717) is 10.8 Å². The molecule has 0 aliphatic carbocycles. The van der Waals surface area contributed by atoms with Crippen LogP contribution in [0.25, 0.3) is 10.6 Å². The van der Waals surface area contributed by atoms with Crippen LogP contribution in [0.2, 0.25) is 0 Å². The van der Waals surface area contributed by atoms with Crippen molar-refractivity contribution >= 4 is 34.6 Å². The highest BCUT2D eigenvalue weighted by molar-refractivity contribution is 7.13. The topological polar surface area (TPSA) is 130 Å². The Kier molecular flexibility index (Phi) is 7.00. The van der Waals surface area contributed by atoms with Gasteiger partial charge in [0.15, 0.2) is 11.8 Å². The first-order chi connectivity index (χ1) is 15.3. The van der Waals surface area contributed by atoms with E-state index in [0.717, 1.165) is 11.6 Å². The number of anilines is 1. The second-order valence-corrected chi connectivity index (χ2v) is 7.30. The number of ether oxygens (including phenoxy) is 3. The van der Waals surface area contributed by atoms with Gasteiger partial charge in [-0.05, 0) is 37.3 Å². The number of nitrogens with zero attached hydrogens (tertiary/aromatic N) is 2. The van der Waals surface area contributed by atoms with Crippen LogP contribution in [-0.2, 0) is 9.53 Å². The maximum absolute atomic E-state index is 12.5. The highest BCUT2D eigenvalue weighted by Gasteiger charge is 2.23. The van der Waals surface area contributed by atoms with E-state index in [9.17, 15) is 19.7 Å². The SMILES string of the molecule is COc1ccc(-c2nc(C(=O)OC(C)C(=O)Nc3cc([N+](=O)[O-])ccc3OC)cs2)cc1. The lowest BCUT2D eigenvalue weighted by Crippen LogP contribution is -2.30. The Morgan fingerprint density at radius 2 is 1.84 bits per heavy atom. The zero-order valence-corrected chi connectivity index (χ0v) is 18.2. The molecule has 1 unspecified atom stereocenters. The molecule has 0 aliphatic rings. The van der Waals surface area contributed by atoms with Gasteiger partial charge in [-0.25, -0.2) is 9.78 Å². The van der Waals surface area contributed by atoms with E-state index in [-0.39, 0.29) is 22.8 Å². The summed E-state index contributed by atoms with van der Waals surface area (Å²) in [4.78, 5) is 39.6. The first-order valence-corrected chi connectivity index (χ1v) is 10.1. The van der Waals surface area contributed by atoms with Crippen LogP contribution in [0.1, 0.15) is 17.4 Å². The van der Waals surface area contributed by atoms with Crippen molar-refractivity contribution in [2.75, 3.05) is 19.5 Å². The minimum absolute atomic E-state index is 0.0633. The highest BCUT2D eigenvalue weighted by atomic mass is 32.1. The van der Waals surface area contributed by atoms with Gasteiger partial charge in [-0.2, -0.15) is 0 Å². The lowest BCUT2D eigenvalue weighted by atomic mass is 10.2. The number of benzene rings is 2. The number of carbonyl (C=O) groups excluding carboxylic acids is 2.